The Hall–Kier alpha value is -3.89. The minimum Gasteiger partial charge on any atom is -0.508 e. The van der Waals surface area contributed by atoms with Gasteiger partial charge in [-0.2, -0.15) is 0 Å². The molecule has 2 saturated heterocycles. The number of nitrogens with one attached hydrogen (secondary N) is 2. The van der Waals surface area contributed by atoms with Gasteiger partial charge in [0.15, 0.2) is 11.6 Å². The minimum atomic E-state index is -0.00855. The zero-order valence-corrected chi connectivity index (χ0v) is 32.6. The van der Waals surface area contributed by atoms with E-state index in [9.17, 15) is 9.90 Å². The highest BCUT2D eigenvalue weighted by molar-refractivity contribution is 5.80. The number of nitrogens with zero attached hydrogens (tertiary/aromatic N) is 6. The first-order valence-corrected chi connectivity index (χ1v) is 20.4. The summed E-state index contributed by atoms with van der Waals surface area (Å²) in [6, 6.07) is 14.5. The van der Waals surface area contributed by atoms with Crippen molar-refractivity contribution in [1.29, 1.82) is 0 Å². The van der Waals surface area contributed by atoms with Crippen LogP contribution in [0.3, 0.4) is 0 Å². The molecule has 5 unspecified atom stereocenters. The van der Waals surface area contributed by atoms with E-state index in [-0.39, 0.29) is 5.41 Å². The fraction of sp³-hybridized carbons (Fsp3) is 0.605. The van der Waals surface area contributed by atoms with E-state index in [2.05, 4.69) is 70.1 Å². The van der Waals surface area contributed by atoms with Crippen LogP contribution in [0.4, 0.5) is 23.0 Å². The van der Waals surface area contributed by atoms with Crippen LogP contribution < -0.4 is 20.4 Å². The first-order valence-electron chi connectivity index (χ1n) is 20.4. The summed E-state index contributed by atoms with van der Waals surface area (Å²) in [5.41, 5.74) is 4.65. The highest BCUT2D eigenvalue weighted by atomic mass is 16.3. The van der Waals surface area contributed by atoms with E-state index in [1.165, 1.54) is 17.5 Å². The van der Waals surface area contributed by atoms with Crippen LogP contribution in [-0.4, -0.2) is 109 Å². The smallest absolute Gasteiger partial charge is 0.152 e. The zero-order chi connectivity index (χ0) is 37.0. The van der Waals surface area contributed by atoms with Crippen molar-refractivity contribution in [3.8, 4) is 5.75 Å². The summed E-state index contributed by atoms with van der Waals surface area (Å²) < 4.78 is 0. The van der Waals surface area contributed by atoms with Gasteiger partial charge in [0.1, 0.15) is 11.5 Å². The van der Waals surface area contributed by atoms with Crippen molar-refractivity contribution in [3.05, 3.63) is 66.0 Å². The summed E-state index contributed by atoms with van der Waals surface area (Å²) in [5.74, 6) is 4.24. The Morgan fingerprint density at radius 1 is 0.849 bits per heavy atom. The van der Waals surface area contributed by atoms with Crippen LogP contribution in [0, 0.1) is 30.1 Å². The Morgan fingerprint density at radius 3 is 2.09 bits per heavy atom. The summed E-state index contributed by atoms with van der Waals surface area (Å²) in [6.07, 6.45) is 9.41. The van der Waals surface area contributed by atoms with Crippen LogP contribution >= 0.6 is 0 Å². The summed E-state index contributed by atoms with van der Waals surface area (Å²) >= 11 is 0. The standard InChI is InChI=1S/C43H62N8O2/c1-5-44-37-9-7-16-46-41(37)50-21-19-48(20-22-50)18-15-34-29-39(49-23-25-51(26-24-49)42-38(45-6-2)10-8-17-47-42)40-33(28-36(53)30-43(34,40)4)13-12-32-27-35(52)14-11-31(32)3/h7-11,14,16-17,27,33-34,39-40,44-45,52H,5-6,12-13,15,18-26,28-30H2,1-4H3. The number of hydrogen-bond donors (Lipinski definition) is 3. The molecule has 4 fully saturated rings. The monoisotopic (exact) mass is 722 g/mol. The highest BCUT2D eigenvalue weighted by Gasteiger charge is 2.58. The fourth-order valence-corrected chi connectivity index (χ4v) is 10.6. The molecule has 1 aromatic carbocycles. The molecule has 53 heavy (non-hydrogen) atoms. The number of aromatic hydroxyl groups is 1. The second-order valence-electron chi connectivity index (χ2n) is 16.3. The lowest BCUT2D eigenvalue weighted by Crippen LogP contribution is -2.55. The Bertz CT molecular complexity index is 1690. The first kappa shape index (κ1) is 37.4. The van der Waals surface area contributed by atoms with Gasteiger partial charge in [-0.3, -0.25) is 14.6 Å². The Morgan fingerprint density at radius 2 is 1.47 bits per heavy atom. The third-order valence-corrected chi connectivity index (χ3v) is 13.2. The average Bonchev–Trinajstić information content (AvgIpc) is 3.46. The van der Waals surface area contributed by atoms with Crippen molar-refractivity contribution in [2.75, 3.05) is 92.4 Å². The fourth-order valence-electron chi connectivity index (χ4n) is 10.6. The van der Waals surface area contributed by atoms with Crippen molar-refractivity contribution in [2.45, 2.75) is 72.3 Å². The van der Waals surface area contributed by atoms with Gasteiger partial charge in [-0.15, -0.1) is 0 Å². The maximum absolute atomic E-state index is 13.7. The van der Waals surface area contributed by atoms with E-state index >= 15 is 0 Å². The molecule has 3 N–H and O–H groups in total. The van der Waals surface area contributed by atoms with Gasteiger partial charge in [0.2, 0.25) is 0 Å². The van der Waals surface area contributed by atoms with Gasteiger partial charge in [0.05, 0.1) is 11.4 Å². The second kappa shape index (κ2) is 16.6. The third-order valence-electron chi connectivity index (χ3n) is 13.2. The molecule has 0 radical (unpaired) electrons. The number of aryl methyl sites for hydroxylation is 2. The van der Waals surface area contributed by atoms with Gasteiger partial charge in [-0.1, -0.05) is 13.0 Å². The number of Topliss-reactive ketones (excluding diaryl/α,β-unsaturated/α-hetero) is 1. The Balaban J connectivity index is 1.07. The number of ketones is 1. The van der Waals surface area contributed by atoms with Crippen molar-refractivity contribution in [1.82, 2.24) is 19.8 Å². The van der Waals surface area contributed by atoms with Crippen molar-refractivity contribution >= 4 is 28.8 Å². The topological polar surface area (TPSA) is 100 Å². The van der Waals surface area contributed by atoms with Crippen LogP contribution in [0.25, 0.3) is 0 Å². The van der Waals surface area contributed by atoms with E-state index in [4.69, 9.17) is 9.97 Å². The molecule has 10 nitrogen and oxygen atoms in total. The number of carbonyl (C=O) groups excluding carboxylic acids is 1. The van der Waals surface area contributed by atoms with Gasteiger partial charge in [0, 0.05) is 96.7 Å². The molecule has 10 heteroatoms. The summed E-state index contributed by atoms with van der Waals surface area (Å²) in [4.78, 5) is 33.6. The molecular formula is C43H62N8O2. The number of hydrogen-bond acceptors (Lipinski definition) is 10. The molecule has 2 aliphatic carbocycles. The van der Waals surface area contributed by atoms with Gasteiger partial charge in [-0.05, 0) is 124 Å². The number of rotatable bonds is 13. The van der Waals surface area contributed by atoms with Gasteiger partial charge in [0.25, 0.3) is 0 Å². The minimum absolute atomic E-state index is 0.00855. The normalized spacial score (nSPS) is 26.8. The van der Waals surface area contributed by atoms with Crippen molar-refractivity contribution in [3.63, 3.8) is 0 Å². The molecule has 5 atom stereocenters. The van der Waals surface area contributed by atoms with E-state index in [1.807, 2.05) is 36.7 Å². The van der Waals surface area contributed by atoms with Gasteiger partial charge in [-0.25, -0.2) is 9.97 Å². The molecule has 2 aliphatic heterocycles. The maximum Gasteiger partial charge on any atom is 0.152 e. The first-order chi connectivity index (χ1) is 25.8. The molecule has 2 aromatic heterocycles. The Labute approximate surface area is 317 Å². The van der Waals surface area contributed by atoms with Gasteiger partial charge >= 0.3 is 0 Å². The molecule has 4 heterocycles. The predicted octanol–water partition coefficient (Wildman–Crippen LogP) is 6.31. The van der Waals surface area contributed by atoms with Crippen molar-refractivity contribution < 1.29 is 9.90 Å². The number of pyridine rings is 2. The summed E-state index contributed by atoms with van der Waals surface area (Å²) in [5, 5.41) is 17.3. The summed E-state index contributed by atoms with van der Waals surface area (Å²) in [7, 11) is 0. The lowest BCUT2D eigenvalue weighted by atomic mass is 9.59. The predicted molar refractivity (Wildman–Crippen MR) is 216 cm³/mol. The molecule has 286 valence electrons. The number of phenols is 1. The van der Waals surface area contributed by atoms with E-state index < -0.39 is 0 Å². The van der Waals surface area contributed by atoms with E-state index in [1.54, 1.807) is 6.07 Å². The lowest BCUT2D eigenvalue weighted by molar-refractivity contribution is -0.130. The highest BCUT2D eigenvalue weighted by Crippen LogP contribution is 2.60. The quantitative estimate of drug-likeness (QED) is 0.186. The molecule has 2 saturated carbocycles. The second-order valence-corrected chi connectivity index (χ2v) is 16.3. The lowest BCUT2D eigenvalue weighted by Gasteiger charge is -2.49. The van der Waals surface area contributed by atoms with Crippen LogP contribution in [0.15, 0.2) is 54.9 Å². The van der Waals surface area contributed by atoms with E-state index in [0.29, 0.717) is 48.2 Å². The molecule has 7 rings (SSSR count). The third kappa shape index (κ3) is 8.14. The zero-order valence-electron chi connectivity index (χ0n) is 32.6. The van der Waals surface area contributed by atoms with Crippen LogP contribution in [0.2, 0.25) is 0 Å². The van der Waals surface area contributed by atoms with Crippen molar-refractivity contribution in [2.24, 2.45) is 23.2 Å². The van der Waals surface area contributed by atoms with Gasteiger partial charge < -0.3 is 25.5 Å². The number of anilines is 4. The van der Waals surface area contributed by atoms with Crippen LogP contribution in [0.5, 0.6) is 5.75 Å². The number of aromatic nitrogens is 2. The Kier molecular flexibility index (Phi) is 11.7. The SMILES string of the molecule is CCNc1cccnc1N1CCN(CCC2CC(N3CCN(c4ncccc4NCC)CC3)C3C(CCc4cc(O)ccc4C)CC(=O)CC23C)CC1. The number of benzene rings is 1. The molecule has 4 aliphatic rings. The maximum atomic E-state index is 13.7. The van der Waals surface area contributed by atoms with Crippen LogP contribution in [-0.2, 0) is 11.2 Å². The largest absolute Gasteiger partial charge is 0.508 e. The molecule has 0 bridgehead atoms. The molecule has 3 aromatic rings. The average molecular weight is 723 g/mol. The van der Waals surface area contributed by atoms with Crippen LogP contribution in [0.1, 0.15) is 64.0 Å². The number of fused-ring (bicyclic) bond motifs is 1. The summed E-state index contributed by atoms with van der Waals surface area (Å²) in [6.45, 7) is 19.7. The number of piperazine rings is 2. The molecular weight excluding hydrogens is 661 g/mol. The molecule has 0 spiro atoms. The number of carbonyl (C=O) groups is 1. The number of phenolic OH excluding ortho intramolecular Hbond substituents is 1. The molecule has 0 amide bonds. The van der Waals surface area contributed by atoms with E-state index in [0.717, 1.165) is 114 Å².